The smallest absolute Gasteiger partial charge is 0.240 e. The van der Waals surface area contributed by atoms with Gasteiger partial charge in [0.1, 0.15) is 5.75 Å². The van der Waals surface area contributed by atoms with Crippen LogP contribution >= 0.6 is 11.3 Å². The molecule has 1 heterocycles. The standard InChI is InChI=1S/C14H17NO4S2/c1-10-7-12(19-2)3-4-14(10)21(17,18)15-8-13(16)11-5-6-20-9-11/h3-7,9,13,15-16H,8H2,1-2H3/t13-/m0/s1. The van der Waals surface area contributed by atoms with Crippen molar-refractivity contribution in [1.82, 2.24) is 4.72 Å². The van der Waals surface area contributed by atoms with Crippen LogP contribution < -0.4 is 9.46 Å². The molecule has 0 amide bonds. The summed E-state index contributed by atoms with van der Waals surface area (Å²) in [6.45, 7) is 1.64. The molecule has 5 nitrogen and oxygen atoms in total. The van der Waals surface area contributed by atoms with Crippen LogP contribution in [0.4, 0.5) is 0 Å². The Hall–Kier alpha value is -1.41. The van der Waals surface area contributed by atoms with E-state index in [4.69, 9.17) is 4.74 Å². The van der Waals surface area contributed by atoms with Crippen molar-refractivity contribution >= 4 is 21.4 Å². The van der Waals surface area contributed by atoms with Gasteiger partial charge in [0.15, 0.2) is 0 Å². The zero-order valence-corrected chi connectivity index (χ0v) is 13.4. The topological polar surface area (TPSA) is 75.6 Å². The Morgan fingerprint density at radius 3 is 2.71 bits per heavy atom. The van der Waals surface area contributed by atoms with Gasteiger partial charge in [0.2, 0.25) is 10.0 Å². The second-order valence-corrected chi connectivity index (χ2v) is 7.07. The van der Waals surface area contributed by atoms with Crippen molar-refractivity contribution in [1.29, 1.82) is 0 Å². The van der Waals surface area contributed by atoms with Crippen molar-refractivity contribution in [3.05, 3.63) is 46.2 Å². The minimum Gasteiger partial charge on any atom is -0.497 e. The molecule has 1 atom stereocenters. The molecule has 0 aliphatic heterocycles. The van der Waals surface area contributed by atoms with Crippen LogP contribution in [0.5, 0.6) is 5.75 Å². The maximum atomic E-state index is 12.3. The molecule has 21 heavy (non-hydrogen) atoms. The highest BCUT2D eigenvalue weighted by molar-refractivity contribution is 7.89. The summed E-state index contributed by atoms with van der Waals surface area (Å²) < 4.78 is 32.0. The average Bonchev–Trinajstić information content (AvgIpc) is 2.98. The lowest BCUT2D eigenvalue weighted by molar-refractivity contribution is 0.182. The summed E-state index contributed by atoms with van der Waals surface area (Å²) in [4.78, 5) is 0.181. The number of rotatable bonds is 6. The lowest BCUT2D eigenvalue weighted by Gasteiger charge is -2.13. The highest BCUT2D eigenvalue weighted by Gasteiger charge is 2.19. The van der Waals surface area contributed by atoms with Gasteiger partial charge in [-0.2, -0.15) is 11.3 Å². The lowest BCUT2D eigenvalue weighted by atomic mass is 10.2. The van der Waals surface area contributed by atoms with Crippen molar-refractivity contribution in [2.75, 3.05) is 13.7 Å². The van der Waals surface area contributed by atoms with Crippen molar-refractivity contribution in [2.24, 2.45) is 0 Å². The van der Waals surface area contributed by atoms with E-state index in [0.717, 1.165) is 0 Å². The number of ether oxygens (including phenoxy) is 1. The molecule has 1 aromatic heterocycles. The number of thiophene rings is 1. The van der Waals surface area contributed by atoms with Crippen LogP contribution in [0.3, 0.4) is 0 Å². The molecule has 0 aliphatic rings. The third-order valence-electron chi connectivity index (χ3n) is 3.07. The summed E-state index contributed by atoms with van der Waals surface area (Å²) in [6, 6.07) is 6.51. The van der Waals surface area contributed by atoms with E-state index < -0.39 is 16.1 Å². The van der Waals surface area contributed by atoms with Crippen LogP contribution in [0.25, 0.3) is 0 Å². The van der Waals surface area contributed by atoms with Crippen LogP contribution in [-0.2, 0) is 10.0 Å². The van der Waals surface area contributed by atoms with Crippen molar-refractivity contribution < 1.29 is 18.3 Å². The number of nitrogens with one attached hydrogen (secondary N) is 1. The van der Waals surface area contributed by atoms with Crippen LogP contribution in [0.2, 0.25) is 0 Å². The summed E-state index contributed by atoms with van der Waals surface area (Å²) in [6.07, 6.45) is -0.857. The molecule has 2 rings (SSSR count). The molecule has 2 aromatic rings. The molecule has 0 radical (unpaired) electrons. The van der Waals surface area contributed by atoms with E-state index in [-0.39, 0.29) is 11.4 Å². The van der Waals surface area contributed by atoms with E-state index in [1.165, 1.54) is 24.5 Å². The van der Waals surface area contributed by atoms with Crippen molar-refractivity contribution in [3.8, 4) is 5.75 Å². The molecule has 114 valence electrons. The normalized spacial score (nSPS) is 13.1. The van der Waals surface area contributed by atoms with Crippen LogP contribution in [0.1, 0.15) is 17.2 Å². The Bertz CT molecular complexity index is 696. The highest BCUT2D eigenvalue weighted by Crippen LogP contribution is 2.21. The number of sulfonamides is 1. The Kier molecular flexibility index (Phi) is 5.00. The zero-order valence-electron chi connectivity index (χ0n) is 11.7. The maximum absolute atomic E-state index is 12.3. The second-order valence-electron chi connectivity index (χ2n) is 4.56. The summed E-state index contributed by atoms with van der Waals surface area (Å²) in [5.41, 5.74) is 1.29. The van der Waals surface area contributed by atoms with Gasteiger partial charge in [-0.05, 0) is 53.1 Å². The van der Waals surface area contributed by atoms with E-state index >= 15 is 0 Å². The predicted octanol–water partition coefficient (Wildman–Crippen LogP) is 2.08. The Morgan fingerprint density at radius 2 is 2.14 bits per heavy atom. The number of hydrogen-bond acceptors (Lipinski definition) is 5. The molecule has 0 saturated heterocycles. The summed E-state index contributed by atoms with van der Waals surface area (Å²) in [5.74, 6) is 0.602. The number of methoxy groups -OCH3 is 1. The van der Waals surface area contributed by atoms with Crippen LogP contribution in [0.15, 0.2) is 39.9 Å². The molecule has 0 saturated carbocycles. The average molecular weight is 327 g/mol. The Balaban J connectivity index is 2.11. The number of benzene rings is 1. The Labute approximate surface area is 128 Å². The molecule has 0 fully saturated rings. The molecule has 2 N–H and O–H groups in total. The van der Waals surface area contributed by atoms with Gasteiger partial charge in [0, 0.05) is 6.54 Å². The first kappa shape index (κ1) is 16.0. The van der Waals surface area contributed by atoms with Gasteiger partial charge in [-0.1, -0.05) is 0 Å². The van der Waals surface area contributed by atoms with E-state index in [1.807, 2.05) is 5.38 Å². The molecule has 0 spiro atoms. The lowest BCUT2D eigenvalue weighted by Crippen LogP contribution is -2.28. The van der Waals surface area contributed by atoms with Gasteiger partial charge in [-0.15, -0.1) is 0 Å². The molecule has 0 bridgehead atoms. The molecular weight excluding hydrogens is 310 g/mol. The Morgan fingerprint density at radius 1 is 1.38 bits per heavy atom. The van der Waals surface area contributed by atoms with Gasteiger partial charge >= 0.3 is 0 Å². The van der Waals surface area contributed by atoms with Crippen LogP contribution in [-0.4, -0.2) is 27.2 Å². The van der Waals surface area contributed by atoms with E-state index in [2.05, 4.69) is 4.72 Å². The third-order valence-corrected chi connectivity index (χ3v) is 5.35. The minimum atomic E-state index is -3.66. The zero-order chi connectivity index (χ0) is 15.5. The first-order valence-corrected chi connectivity index (χ1v) is 8.71. The largest absolute Gasteiger partial charge is 0.497 e. The minimum absolute atomic E-state index is 0.0649. The number of aliphatic hydroxyl groups excluding tert-OH is 1. The molecular formula is C14H17NO4S2. The summed E-state index contributed by atoms with van der Waals surface area (Å²) >= 11 is 1.45. The quantitative estimate of drug-likeness (QED) is 0.852. The monoisotopic (exact) mass is 327 g/mol. The number of hydrogen-bond donors (Lipinski definition) is 2. The van der Waals surface area contributed by atoms with Gasteiger partial charge < -0.3 is 9.84 Å². The predicted molar refractivity (Wildman–Crippen MR) is 82.2 cm³/mol. The van der Waals surface area contributed by atoms with E-state index in [0.29, 0.717) is 16.9 Å². The molecule has 0 unspecified atom stereocenters. The van der Waals surface area contributed by atoms with Gasteiger partial charge in [-0.3, -0.25) is 0 Å². The van der Waals surface area contributed by atoms with Gasteiger partial charge in [0.05, 0.1) is 18.1 Å². The van der Waals surface area contributed by atoms with E-state index in [9.17, 15) is 13.5 Å². The fraction of sp³-hybridized carbons (Fsp3) is 0.286. The molecule has 7 heteroatoms. The van der Waals surface area contributed by atoms with Gasteiger partial charge in [0.25, 0.3) is 0 Å². The SMILES string of the molecule is COc1ccc(S(=O)(=O)NC[C@H](O)c2ccsc2)c(C)c1. The fourth-order valence-electron chi connectivity index (χ4n) is 1.90. The van der Waals surface area contributed by atoms with Crippen LogP contribution in [0, 0.1) is 6.92 Å². The second kappa shape index (κ2) is 6.57. The summed E-state index contributed by atoms with van der Waals surface area (Å²) in [7, 11) is -2.14. The summed E-state index contributed by atoms with van der Waals surface area (Å²) in [5, 5.41) is 13.6. The fourth-order valence-corrected chi connectivity index (χ4v) is 3.87. The van der Waals surface area contributed by atoms with E-state index in [1.54, 1.807) is 30.5 Å². The number of aryl methyl sites for hydroxylation is 1. The van der Waals surface area contributed by atoms with Crippen molar-refractivity contribution in [2.45, 2.75) is 17.9 Å². The van der Waals surface area contributed by atoms with Gasteiger partial charge in [-0.25, -0.2) is 13.1 Å². The maximum Gasteiger partial charge on any atom is 0.240 e. The third kappa shape index (κ3) is 3.82. The highest BCUT2D eigenvalue weighted by atomic mass is 32.2. The molecule has 1 aromatic carbocycles. The first-order valence-electron chi connectivity index (χ1n) is 6.28. The van der Waals surface area contributed by atoms with Crippen molar-refractivity contribution in [3.63, 3.8) is 0 Å². The number of aliphatic hydroxyl groups is 1. The first-order chi connectivity index (χ1) is 9.94. The molecule has 0 aliphatic carbocycles.